The fourth-order valence-electron chi connectivity index (χ4n) is 1.86. The lowest BCUT2D eigenvalue weighted by Crippen LogP contribution is -2.27. The zero-order valence-electron chi connectivity index (χ0n) is 10.9. The van der Waals surface area contributed by atoms with Crippen LogP contribution in [0.3, 0.4) is 0 Å². The Morgan fingerprint density at radius 3 is 2.31 bits per heavy atom. The Morgan fingerprint density at radius 2 is 1.81 bits per heavy atom. The Morgan fingerprint density at radius 1 is 1.25 bits per heavy atom. The highest BCUT2D eigenvalue weighted by Gasteiger charge is 2.19. The van der Waals surface area contributed by atoms with Crippen LogP contribution >= 0.6 is 0 Å². The normalized spacial score (nSPS) is 11.3. The summed E-state index contributed by atoms with van der Waals surface area (Å²) in [6.07, 6.45) is 0. The van der Waals surface area contributed by atoms with Crippen LogP contribution in [0.15, 0.2) is 24.3 Å². The standard InChI is InChI=1S/C14H21NO/c1-11(16)10-15(5)13-9-7-6-8-12(13)14(2,3)4/h6-9H,10H2,1-5H3. The summed E-state index contributed by atoms with van der Waals surface area (Å²) >= 11 is 0. The molecule has 0 saturated carbocycles. The van der Waals surface area contributed by atoms with E-state index in [0.29, 0.717) is 6.54 Å². The van der Waals surface area contributed by atoms with Gasteiger partial charge in [-0.05, 0) is 24.0 Å². The van der Waals surface area contributed by atoms with Crippen molar-refractivity contribution >= 4 is 11.5 Å². The van der Waals surface area contributed by atoms with Gasteiger partial charge in [0.05, 0.1) is 6.54 Å². The molecular weight excluding hydrogens is 198 g/mol. The van der Waals surface area contributed by atoms with Gasteiger partial charge in [0, 0.05) is 12.7 Å². The maximum atomic E-state index is 11.1. The fraction of sp³-hybridized carbons (Fsp3) is 0.500. The molecule has 0 radical (unpaired) electrons. The minimum absolute atomic E-state index is 0.0989. The van der Waals surface area contributed by atoms with Gasteiger partial charge in [-0.15, -0.1) is 0 Å². The zero-order chi connectivity index (χ0) is 12.3. The minimum Gasteiger partial charge on any atom is -0.367 e. The molecule has 0 N–H and O–H groups in total. The van der Waals surface area contributed by atoms with Crippen molar-refractivity contribution in [2.24, 2.45) is 0 Å². The number of likely N-dealkylation sites (N-methyl/N-ethyl adjacent to an activating group) is 1. The van der Waals surface area contributed by atoms with Gasteiger partial charge in [0.25, 0.3) is 0 Å². The molecule has 0 fully saturated rings. The molecule has 88 valence electrons. The zero-order valence-corrected chi connectivity index (χ0v) is 10.9. The van der Waals surface area contributed by atoms with E-state index in [4.69, 9.17) is 0 Å². The van der Waals surface area contributed by atoms with Crippen molar-refractivity contribution < 1.29 is 4.79 Å². The third kappa shape index (κ3) is 3.09. The van der Waals surface area contributed by atoms with Crippen molar-refractivity contribution in [1.82, 2.24) is 0 Å². The molecule has 16 heavy (non-hydrogen) atoms. The average molecular weight is 219 g/mol. The van der Waals surface area contributed by atoms with Gasteiger partial charge in [-0.25, -0.2) is 0 Å². The summed E-state index contributed by atoms with van der Waals surface area (Å²) in [4.78, 5) is 13.2. The fourth-order valence-corrected chi connectivity index (χ4v) is 1.86. The Labute approximate surface area is 98.3 Å². The second-order valence-electron chi connectivity index (χ2n) is 5.33. The third-order valence-corrected chi connectivity index (χ3v) is 2.58. The second-order valence-corrected chi connectivity index (χ2v) is 5.33. The van der Waals surface area contributed by atoms with Crippen LogP contribution in [0.1, 0.15) is 33.3 Å². The van der Waals surface area contributed by atoms with Crippen LogP contribution in [0.5, 0.6) is 0 Å². The minimum atomic E-state index is 0.0989. The van der Waals surface area contributed by atoms with E-state index in [1.165, 1.54) is 5.56 Å². The smallest absolute Gasteiger partial charge is 0.149 e. The predicted octanol–water partition coefficient (Wildman–Crippen LogP) is 3.01. The van der Waals surface area contributed by atoms with Gasteiger partial charge < -0.3 is 4.90 Å². The van der Waals surface area contributed by atoms with Crippen LogP contribution in [-0.4, -0.2) is 19.4 Å². The first kappa shape index (κ1) is 12.8. The molecule has 0 amide bonds. The number of carbonyl (C=O) groups is 1. The number of hydrogen-bond acceptors (Lipinski definition) is 2. The van der Waals surface area contributed by atoms with Gasteiger partial charge in [-0.2, -0.15) is 0 Å². The lowest BCUT2D eigenvalue weighted by molar-refractivity contribution is -0.115. The number of benzene rings is 1. The van der Waals surface area contributed by atoms with E-state index < -0.39 is 0 Å². The van der Waals surface area contributed by atoms with Crippen LogP contribution in [0.4, 0.5) is 5.69 Å². The van der Waals surface area contributed by atoms with E-state index in [1.807, 2.05) is 24.1 Å². The SMILES string of the molecule is CC(=O)CN(C)c1ccccc1C(C)(C)C. The van der Waals surface area contributed by atoms with Crippen molar-refractivity contribution in [3.8, 4) is 0 Å². The van der Waals surface area contributed by atoms with Gasteiger partial charge >= 0.3 is 0 Å². The third-order valence-electron chi connectivity index (χ3n) is 2.58. The molecule has 0 saturated heterocycles. The molecule has 1 rings (SSSR count). The molecule has 1 aromatic rings. The summed E-state index contributed by atoms with van der Waals surface area (Å²) < 4.78 is 0. The summed E-state index contributed by atoms with van der Waals surface area (Å²) in [5.74, 6) is 0.186. The predicted molar refractivity (Wildman–Crippen MR) is 69.1 cm³/mol. The van der Waals surface area contributed by atoms with Crippen LogP contribution in [0.2, 0.25) is 0 Å². The second kappa shape index (κ2) is 4.69. The first-order valence-corrected chi connectivity index (χ1v) is 5.62. The number of rotatable bonds is 3. The quantitative estimate of drug-likeness (QED) is 0.779. The van der Waals surface area contributed by atoms with E-state index in [-0.39, 0.29) is 11.2 Å². The highest BCUT2D eigenvalue weighted by molar-refractivity contribution is 5.81. The number of para-hydroxylation sites is 1. The van der Waals surface area contributed by atoms with E-state index in [9.17, 15) is 4.79 Å². The van der Waals surface area contributed by atoms with Gasteiger partial charge in [-0.1, -0.05) is 39.0 Å². The van der Waals surface area contributed by atoms with Crippen molar-refractivity contribution in [2.75, 3.05) is 18.5 Å². The lowest BCUT2D eigenvalue weighted by Gasteiger charge is -2.28. The average Bonchev–Trinajstić information content (AvgIpc) is 2.15. The van der Waals surface area contributed by atoms with Gasteiger partial charge in [0.2, 0.25) is 0 Å². The molecule has 0 aliphatic heterocycles. The molecule has 2 nitrogen and oxygen atoms in total. The Hall–Kier alpha value is -1.31. The topological polar surface area (TPSA) is 20.3 Å². The number of hydrogen-bond donors (Lipinski definition) is 0. The van der Waals surface area contributed by atoms with Crippen LogP contribution < -0.4 is 4.90 Å². The lowest BCUT2D eigenvalue weighted by atomic mass is 9.85. The van der Waals surface area contributed by atoms with Crippen LogP contribution in [-0.2, 0) is 10.2 Å². The number of carbonyl (C=O) groups excluding carboxylic acids is 1. The van der Waals surface area contributed by atoms with E-state index in [1.54, 1.807) is 6.92 Å². The molecule has 0 aromatic heterocycles. The Bertz CT molecular complexity index is 377. The molecule has 0 heterocycles. The first-order valence-electron chi connectivity index (χ1n) is 5.62. The van der Waals surface area contributed by atoms with Crippen molar-refractivity contribution in [3.63, 3.8) is 0 Å². The van der Waals surface area contributed by atoms with Crippen molar-refractivity contribution in [2.45, 2.75) is 33.1 Å². The maximum Gasteiger partial charge on any atom is 0.149 e. The molecule has 0 spiro atoms. The molecule has 2 heteroatoms. The molecular formula is C14H21NO. The summed E-state index contributed by atoms with van der Waals surface area (Å²) in [5, 5.41) is 0. The number of nitrogens with zero attached hydrogens (tertiary/aromatic N) is 1. The Balaban J connectivity index is 3.08. The van der Waals surface area contributed by atoms with E-state index >= 15 is 0 Å². The molecule has 1 aromatic carbocycles. The summed E-state index contributed by atoms with van der Waals surface area (Å²) in [6.45, 7) is 8.65. The molecule has 0 unspecified atom stereocenters. The summed E-state index contributed by atoms with van der Waals surface area (Å²) in [5.41, 5.74) is 2.52. The van der Waals surface area contributed by atoms with Gasteiger partial charge in [0.15, 0.2) is 0 Å². The number of Topliss-reactive ketones (excluding diaryl/α,β-unsaturated/α-hetero) is 1. The maximum absolute atomic E-state index is 11.1. The first-order chi connectivity index (χ1) is 7.32. The largest absolute Gasteiger partial charge is 0.367 e. The van der Waals surface area contributed by atoms with E-state index in [2.05, 4.69) is 32.9 Å². The molecule has 0 aliphatic carbocycles. The number of anilines is 1. The highest BCUT2D eigenvalue weighted by atomic mass is 16.1. The molecule has 0 aliphatic rings. The molecule has 0 atom stereocenters. The van der Waals surface area contributed by atoms with Gasteiger partial charge in [0.1, 0.15) is 5.78 Å². The van der Waals surface area contributed by atoms with Crippen molar-refractivity contribution in [1.29, 1.82) is 0 Å². The highest BCUT2D eigenvalue weighted by Crippen LogP contribution is 2.31. The summed E-state index contributed by atoms with van der Waals surface area (Å²) in [7, 11) is 1.96. The van der Waals surface area contributed by atoms with Crippen LogP contribution in [0, 0.1) is 0 Å². The van der Waals surface area contributed by atoms with Crippen LogP contribution in [0.25, 0.3) is 0 Å². The summed E-state index contributed by atoms with van der Waals surface area (Å²) in [6, 6.07) is 8.27. The number of ketones is 1. The Kier molecular flexibility index (Phi) is 3.74. The van der Waals surface area contributed by atoms with Gasteiger partial charge in [-0.3, -0.25) is 4.79 Å². The van der Waals surface area contributed by atoms with Crippen molar-refractivity contribution in [3.05, 3.63) is 29.8 Å². The molecule has 0 bridgehead atoms. The monoisotopic (exact) mass is 219 g/mol. The van der Waals surface area contributed by atoms with E-state index in [0.717, 1.165) is 5.69 Å².